The Hall–Kier alpha value is -3.80. The van der Waals surface area contributed by atoms with Gasteiger partial charge in [0.25, 0.3) is 0 Å². The van der Waals surface area contributed by atoms with Crippen LogP contribution in [0.25, 0.3) is 33.4 Å². The van der Waals surface area contributed by atoms with Crippen molar-refractivity contribution in [1.82, 2.24) is 0 Å². The van der Waals surface area contributed by atoms with Crippen molar-refractivity contribution in [1.29, 1.82) is 0 Å². The van der Waals surface area contributed by atoms with Gasteiger partial charge in [0.1, 0.15) is 0 Å². The summed E-state index contributed by atoms with van der Waals surface area (Å²) in [6, 6.07) is 24.3. The number of allylic oxidation sites excluding steroid dienone is 2. The topological polar surface area (TPSA) is 0 Å². The number of fused-ring (bicyclic) bond motifs is 6. The van der Waals surface area contributed by atoms with Crippen molar-refractivity contribution in [3.05, 3.63) is 118 Å². The number of hydrogen-bond donors (Lipinski definition) is 0. The quantitative estimate of drug-likeness (QED) is 0.189. The summed E-state index contributed by atoms with van der Waals surface area (Å²) >= 11 is 0. The fraction of sp³-hybridized carbons (Fsp3) is 0.333. The van der Waals surface area contributed by atoms with Gasteiger partial charge in [-0.15, -0.1) is 0 Å². The summed E-state index contributed by atoms with van der Waals surface area (Å²) in [5.41, 5.74) is 2.66. The second-order valence-corrected chi connectivity index (χ2v) is 12.7. The monoisotopic (exact) mass is 616 g/mol. The lowest BCUT2D eigenvalue weighted by atomic mass is 9.73. The smallest absolute Gasteiger partial charge is 0.194 e. The molecule has 0 radical (unpaired) electrons. The molecule has 0 heterocycles. The Labute approximate surface area is 259 Å². The van der Waals surface area contributed by atoms with Gasteiger partial charge < -0.3 is 0 Å². The standard InChI is InChI=1S/C39H34F6/c1-5-35(6-2)29-15-11-9-13-25(29)27-19-17-23(21-31(27)35)33-34(38(42,43)39(44,45)37(33,40)41)24-18-20-28-26-14-10-12-16-30(26)36(7-3,8-4)32(28)22-24/h9-22H,5-8H2,1-4H3. The van der Waals surface area contributed by atoms with Crippen LogP contribution in [-0.4, -0.2) is 17.8 Å². The summed E-state index contributed by atoms with van der Waals surface area (Å²) in [6.07, 6.45) is 2.53. The molecule has 0 unspecified atom stereocenters. The maximum absolute atomic E-state index is 16.0. The number of halogens is 6. The zero-order valence-electron chi connectivity index (χ0n) is 25.7. The minimum atomic E-state index is -5.62. The van der Waals surface area contributed by atoms with Crippen LogP contribution < -0.4 is 0 Å². The molecule has 45 heavy (non-hydrogen) atoms. The van der Waals surface area contributed by atoms with E-state index in [0.717, 1.165) is 33.4 Å². The molecule has 0 aliphatic heterocycles. The highest BCUT2D eigenvalue weighted by atomic mass is 19.3. The Bertz CT molecular complexity index is 1750. The van der Waals surface area contributed by atoms with Gasteiger partial charge in [-0.05, 0) is 93.5 Å². The van der Waals surface area contributed by atoms with Crippen molar-refractivity contribution < 1.29 is 26.3 Å². The van der Waals surface area contributed by atoms with Gasteiger partial charge in [0, 0.05) is 22.0 Å². The fourth-order valence-electron chi connectivity index (χ4n) is 8.72. The number of benzene rings is 4. The molecule has 0 N–H and O–H groups in total. The van der Waals surface area contributed by atoms with Crippen molar-refractivity contribution in [2.75, 3.05) is 0 Å². The van der Waals surface area contributed by atoms with Crippen LogP contribution in [0.2, 0.25) is 0 Å². The van der Waals surface area contributed by atoms with E-state index in [1.165, 1.54) is 24.3 Å². The van der Waals surface area contributed by atoms with Crippen molar-refractivity contribution in [3.63, 3.8) is 0 Å². The molecule has 0 bridgehead atoms. The summed E-state index contributed by atoms with van der Waals surface area (Å²) in [6.45, 7) is 7.98. The maximum Gasteiger partial charge on any atom is 0.380 e. The van der Waals surface area contributed by atoms with Gasteiger partial charge in [-0.2, -0.15) is 26.3 Å². The molecule has 3 aliphatic carbocycles. The van der Waals surface area contributed by atoms with Crippen LogP contribution in [-0.2, 0) is 10.8 Å². The van der Waals surface area contributed by atoms with E-state index in [1.807, 2.05) is 76.2 Å². The molecule has 0 nitrogen and oxygen atoms in total. The summed E-state index contributed by atoms with van der Waals surface area (Å²) in [5, 5.41) is 0. The van der Waals surface area contributed by atoms with Crippen LogP contribution in [0, 0.1) is 0 Å². The maximum atomic E-state index is 16.0. The van der Waals surface area contributed by atoms with Gasteiger partial charge in [-0.25, -0.2) is 0 Å². The number of hydrogen-bond acceptors (Lipinski definition) is 0. The fourth-order valence-corrected chi connectivity index (χ4v) is 8.72. The van der Waals surface area contributed by atoms with E-state index in [0.29, 0.717) is 36.8 Å². The highest BCUT2D eigenvalue weighted by Crippen LogP contribution is 2.66. The molecule has 6 heteroatoms. The van der Waals surface area contributed by atoms with Crippen LogP contribution in [0.3, 0.4) is 0 Å². The summed E-state index contributed by atoms with van der Waals surface area (Å²) in [4.78, 5) is 0. The summed E-state index contributed by atoms with van der Waals surface area (Å²) < 4.78 is 94.6. The Morgan fingerprint density at radius 1 is 0.422 bits per heavy atom. The van der Waals surface area contributed by atoms with E-state index in [1.54, 1.807) is 12.1 Å². The van der Waals surface area contributed by atoms with Crippen molar-refractivity contribution in [2.45, 2.75) is 82.0 Å². The van der Waals surface area contributed by atoms with E-state index in [4.69, 9.17) is 0 Å². The molecule has 0 saturated heterocycles. The Kier molecular flexibility index (Phi) is 6.38. The average molecular weight is 617 g/mol. The van der Waals surface area contributed by atoms with Gasteiger partial charge in [0.2, 0.25) is 0 Å². The largest absolute Gasteiger partial charge is 0.380 e. The summed E-state index contributed by atoms with van der Waals surface area (Å²) in [5.74, 6) is -15.8. The lowest BCUT2D eigenvalue weighted by Gasteiger charge is -2.30. The molecular formula is C39H34F6. The Morgan fingerprint density at radius 3 is 1.11 bits per heavy atom. The second-order valence-electron chi connectivity index (χ2n) is 12.7. The third kappa shape index (κ3) is 3.46. The predicted octanol–water partition coefficient (Wildman–Crippen LogP) is 11.7. The molecule has 232 valence electrons. The summed E-state index contributed by atoms with van der Waals surface area (Å²) in [7, 11) is 0. The molecule has 0 atom stereocenters. The molecule has 0 amide bonds. The predicted molar refractivity (Wildman–Crippen MR) is 168 cm³/mol. The van der Waals surface area contributed by atoms with Crippen molar-refractivity contribution in [3.8, 4) is 22.3 Å². The molecule has 0 spiro atoms. The third-order valence-corrected chi connectivity index (χ3v) is 11.2. The average Bonchev–Trinajstić information content (AvgIpc) is 3.53. The SMILES string of the molecule is CCC1(CC)c2ccccc2-c2ccc(C3=C(c4ccc5c(c4)C(CC)(CC)c4ccccc4-5)C(F)(F)C(F)(F)C3(F)F)cc21. The number of rotatable bonds is 6. The molecule has 0 saturated carbocycles. The first-order valence-corrected chi connectivity index (χ1v) is 15.8. The van der Waals surface area contributed by atoms with E-state index in [9.17, 15) is 0 Å². The molecule has 4 aromatic rings. The van der Waals surface area contributed by atoms with Crippen LogP contribution in [0.5, 0.6) is 0 Å². The molecule has 0 aromatic heterocycles. The lowest BCUT2D eigenvalue weighted by molar-refractivity contribution is -0.254. The molecular weight excluding hydrogens is 582 g/mol. The molecule has 7 rings (SSSR count). The van der Waals surface area contributed by atoms with Crippen LogP contribution >= 0.6 is 0 Å². The normalized spacial score (nSPS) is 20.5. The van der Waals surface area contributed by atoms with Gasteiger partial charge in [0.15, 0.2) is 0 Å². The second kappa shape index (κ2) is 9.60. The van der Waals surface area contributed by atoms with E-state index in [2.05, 4.69) is 0 Å². The van der Waals surface area contributed by atoms with Gasteiger partial charge in [0.05, 0.1) is 0 Å². The molecule has 4 aromatic carbocycles. The van der Waals surface area contributed by atoms with Gasteiger partial charge in [-0.3, -0.25) is 0 Å². The zero-order valence-corrected chi connectivity index (χ0v) is 25.7. The van der Waals surface area contributed by atoms with Gasteiger partial charge >= 0.3 is 17.8 Å². The third-order valence-electron chi connectivity index (χ3n) is 11.2. The Morgan fingerprint density at radius 2 is 0.756 bits per heavy atom. The highest BCUT2D eigenvalue weighted by molar-refractivity contribution is 6.02. The van der Waals surface area contributed by atoms with E-state index in [-0.39, 0.29) is 11.1 Å². The Balaban J connectivity index is 1.51. The van der Waals surface area contributed by atoms with Crippen molar-refractivity contribution >= 4 is 11.1 Å². The first-order chi connectivity index (χ1) is 21.4. The first kappa shape index (κ1) is 29.9. The first-order valence-electron chi connectivity index (χ1n) is 15.8. The number of alkyl halides is 6. The minimum absolute atomic E-state index is 0.300. The van der Waals surface area contributed by atoms with Crippen molar-refractivity contribution in [2.24, 2.45) is 0 Å². The van der Waals surface area contributed by atoms with Crippen LogP contribution in [0.4, 0.5) is 26.3 Å². The zero-order chi connectivity index (χ0) is 32.2. The molecule has 0 fully saturated rings. The minimum Gasteiger partial charge on any atom is -0.194 e. The van der Waals surface area contributed by atoms with E-state index < -0.39 is 39.7 Å². The van der Waals surface area contributed by atoms with Gasteiger partial charge in [-0.1, -0.05) is 100 Å². The highest BCUT2D eigenvalue weighted by Gasteiger charge is 2.80. The van der Waals surface area contributed by atoms with E-state index >= 15 is 26.3 Å². The van der Waals surface area contributed by atoms with Crippen LogP contribution in [0.15, 0.2) is 84.9 Å². The lowest BCUT2D eigenvalue weighted by Crippen LogP contribution is -2.48. The van der Waals surface area contributed by atoms with Crippen LogP contribution in [0.1, 0.15) is 86.8 Å². The molecule has 3 aliphatic rings.